The third kappa shape index (κ3) is 2.90. The van der Waals surface area contributed by atoms with E-state index in [1.807, 2.05) is 13.8 Å². The van der Waals surface area contributed by atoms with E-state index in [4.69, 9.17) is 17.3 Å². The van der Waals surface area contributed by atoms with Crippen molar-refractivity contribution in [1.29, 1.82) is 0 Å². The van der Waals surface area contributed by atoms with Crippen LogP contribution in [-0.4, -0.2) is 31.9 Å². The Labute approximate surface area is 133 Å². The minimum absolute atomic E-state index is 0.00337. The normalized spacial score (nSPS) is 23.8. The second-order valence-electron chi connectivity index (χ2n) is 5.77. The average Bonchev–Trinajstić information content (AvgIpc) is 2.32. The highest BCUT2D eigenvalue weighted by atomic mass is 79.9. The average molecular weight is 382 g/mol. The van der Waals surface area contributed by atoms with Crippen LogP contribution in [0.5, 0.6) is 0 Å². The van der Waals surface area contributed by atoms with Gasteiger partial charge in [-0.25, -0.2) is 8.42 Å². The van der Waals surface area contributed by atoms with Gasteiger partial charge < -0.3 is 5.73 Å². The van der Waals surface area contributed by atoms with Crippen LogP contribution in [0.15, 0.2) is 27.6 Å². The van der Waals surface area contributed by atoms with E-state index in [2.05, 4.69) is 15.9 Å². The van der Waals surface area contributed by atoms with Crippen LogP contribution in [0.2, 0.25) is 5.02 Å². The molecule has 1 aliphatic heterocycles. The van der Waals surface area contributed by atoms with Crippen LogP contribution in [0.25, 0.3) is 0 Å². The highest BCUT2D eigenvalue weighted by Crippen LogP contribution is 2.36. The Balaban J connectivity index is 2.42. The van der Waals surface area contributed by atoms with Crippen molar-refractivity contribution in [2.45, 2.75) is 31.2 Å². The predicted octanol–water partition coefficient (Wildman–Crippen LogP) is 2.85. The molecule has 1 atom stereocenters. The topological polar surface area (TPSA) is 63.4 Å². The van der Waals surface area contributed by atoms with Gasteiger partial charge in [-0.05, 0) is 39.9 Å². The van der Waals surface area contributed by atoms with Crippen molar-refractivity contribution < 1.29 is 8.42 Å². The van der Waals surface area contributed by atoms with Crippen LogP contribution in [0, 0.1) is 5.41 Å². The summed E-state index contributed by atoms with van der Waals surface area (Å²) in [6.45, 7) is 4.79. The zero-order valence-corrected chi connectivity index (χ0v) is 14.6. The SMILES string of the molecule is CC1(C)CN(S(=O)(=O)c2c(Cl)cccc2Br)CCC1N. The Morgan fingerprint density at radius 2 is 2.10 bits per heavy atom. The lowest BCUT2D eigenvalue weighted by Gasteiger charge is -2.41. The molecular weight excluding hydrogens is 364 g/mol. The van der Waals surface area contributed by atoms with Crippen molar-refractivity contribution in [2.75, 3.05) is 13.1 Å². The lowest BCUT2D eigenvalue weighted by atomic mass is 9.81. The Morgan fingerprint density at radius 3 is 2.65 bits per heavy atom. The van der Waals surface area contributed by atoms with Crippen molar-refractivity contribution in [2.24, 2.45) is 11.1 Å². The van der Waals surface area contributed by atoms with Gasteiger partial charge in [-0.1, -0.05) is 31.5 Å². The molecule has 0 spiro atoms. The fourth-order valence-electron chi connectivity index (χ4n) is 2.39. The van der Waals surface area contributed by atoms with Gasteiger partial charge in [0.2, 0.25) is 10.0 Å². The number of piperidine rings is 1. The fraction of sp³-hybridized carbons (Fsp3) is 0.538. The molecule has 1 fully saturated rings. The molecule has 4 nitrogen and oxygen atoms in total. The third-order valence-electron chi connectivity index (χ3n) is 3.79. The number of nitrogens with zero attached hydrogens (tertiary/aromatic N) is 1. The predicted molar refractivity (Wildman–Crippen MR) is 84.3 cm³/mol. The summed E-state index contributed by atoms with van der Waals surface area (Å²) in [5.41, 5.74) is 5.81. The molecule has 0 radical (unpaired) electrons. The molecule has 2 N–H and O–H groups in total. The molecule has 0 aliphatic carbocycles. The Morgan fingerprint density at radius 1 is 1.45 bits per heavy atom. The first kappa shape index (κ1) is 16.2. The van der Waals surface area contributed by atoms with Crippen LogP contribution >= 0.6 is 27.5 Å². The van der Waals surface area contributed by atoms with Gasteiger partial charge in [0.05, 0.1) is 5.02 Å². The maximum absolute atomic E-state index is 12.8. The Hall–Kier alpha value is -0.140. The van der Waals surface area contributed by atoms with Crippen LogP contribution in [0.3, 0.4) is 0 Å². The molecule has 0 bridgehead atoms. The first-order chi connectivity index (χ1) is 9.16. The number of rotatable bonds is 2. The summed E-state index contributed by atoms with van der Waals surface area (Å²) < 4.78 is 27.5. The molecule has 1 aliphatic rings. The number of hydrogen-bond donors (Lipinski definition) is 1. The minimum atomic E-state index is -3.62. The van der Waals surface area contributed by atoms with E-state index in [1.54, 1.807) is 18.2 Å². The molecule has 1 aromatic carbocycles. The van der Waals surface area contributed by atoms with E-state index in [-0.39, 0.29) is 21.4 Å². The van der Waals surface area contributed by atoms with E-state index in [0.717, 1.165) is 0 Å². The molecule has 1 saturated heterocycles. The molecule has 0 amide bonds. The smallest absolute Gasteiger partial charge is 0.245 e. The van der Waals surface area contributed by atoms with Crippen molar-refractivity contribution in [1.82, 2.24) is 4.31 Å². The summed E-state index contributed by atoms with van der Waals surface area (Å²) in [5, 5.41) is 0.229. The molecule has 1 unspecified atom stereocenters. The minimum Gasteiger partial charge on any atom is -0.327 e. The molecular formula is C13H18BrClN2O2S. The quantitative estimate of drug-likeness (QED) is 0.857. The first-order valence-electron chi connectivity index (χ1n) is 6.36. The Bertz CT molecular complexity index is 599. The zero-order valence-electron chi connectivity index (χ0n) is 11.4. The highest BCUT2D eigenvalue weighted by Gasteiger charge is 2.39. The molecule has 20 heavy (non-hydrogen) atoms. The van der Waals surface area contributed by atoms with Gasteiger partial charge in [0.15, 0.2) is 0 Å². The van der Waals surface area contributed by atoms with Crippen LogP contribution in [0.1, 0.15) is 20.3 Å². The lowest BCUT2D eigenvalue weighted by molar-refractivity contribution is 0.155. The number of hydrogen-bond acceptors (Lipinski definition) is 3. The maximum Gasteiger partial charge on any atom is 0.245 e. The summed E-state index contributed by atoms with van der Waals surface area (Å²) in [7, 11) is -3.62. The molecule has 0 aromatic heterocycles. The standard InChI is InChI=1S/C13H18BrClN2O2S/c1-13(2)8-17(7-6-11(13)16)20(18,19)12-9(14)4-3-5-10(12)15/h3-5,11H,6-8,16H2,1-2H3. The van der Waals surface area contributed by atoms with Crippen molar-refractivity contribution in [3.05, 3.63) is 27.7 Å². The van der Waals surface area contributed by atoms with Crippen LogP contribution in [0.4, 0.5) is 0 Å². The molecule has 112 valence electrons. The zero-order chi connectivity index (χ0) is 15.1. The number of halogens is 2. The summed E-state index contributed by atoms with van der Waals surface area (Å²) in [4.78, 5) is 0.132. The number of benzene rings is 1. The van der Waals surface area contributed by atoms with Gasteiger partial charge in [-0.3, -0.25) is 0 Å². The molecule has 2 rings (SSSR count). The second kappa shape index (κ2) is 5.57. The highest BCUT2D eigenvalue weighted by molar-refractivity contribution is 9.10. The van der Waals surface area contributed by atoms with Gasteiger partial charge in [0.1, 0.15) is 4.90 Å². The van der Waals surface area contributed by atoms with Gasteiger partial charge in [0.25, 0.3) is 0 Å². The van der Waals surface area contributed by atoms with E-state index in [1.165, 1.54) is 4.31 Å². The van der Waals surface area contributed by atoms with E-state index < -0.39 is 10.0 Å². The van der Waals surface area contributed by atoms with Crippen molar-refractivity contribution in [3.63, 3.8) is 0 Å². The first-order valence-corrected chi connectivity index (χ1v) is 8.97. The number of nitrogens with two attached hydrogens (primary N) is 1. The van der Waals surface area contributed by atoms with Gasteiger partial charge >= 0.3 is 0 Å². The fourth-order valence-corrected chi connectivity index (χ4v) is 5.68. The van der Waals surface area contributed by atoms with E-state index in [9.17, 15) is 8.42 Å². The van der Waals surface area contributed by atoms with Crippen molar-refractivity contribution >= 4 is 37.6 Å². The largest absolute Gasteiger partial charge is 0.327 e. The molecule has 0 saturated carbocycles. The van der Waals surface area contributed by atoms with Gasteiger partial charge in [-0.15, -0.1) is 0 Å². The van der Waals surface area contributed by atoms with Crippen LogP contribution in [-0.2, 0) is 10.0 Å². The summed E-state index contributed by atoms with van der Waals surface area (Å²) in [5.74, 6) is 0. The lowest BCUT2D eigenvalue weighted by Crippen LogP contribution is -2.53. The van der Waals surface area contributed by atoms with Gasteiger partial charge in [-0.2, -0.15) is 4.31 Å². The summed E-state index contributed by atoms with van der Waals surface area (Å²) >= 11 is 9.35. The molecule has 1 aromatic rings. The van der Waals surface area contributed by atoms with Gasteiger partial charge in [0, 0.05) is 23.6 Å². The monoisotopic (exact) mass is 380 g/mol. The van der Waals surface area contributed by atoms with E-state index in [0.29, 0.717) is 24.0 Å². The van der Waals surface area contributed by atoms with Crippen molar-refractivity contribution in [3.8, 4) is 0 Å². The maximum atomic E-state index is 12.8. The summed E-state index contributed by atoms with van der Waals surface area (Å²) in [6, 6.07) is 4.98. The molecule has 1 heterocycles. The van der Waals surface area contributed by atoms with E-state index >= 15 is 0 Å². The second-order valence-corrected chi connectivity index (χ2v) is 8.91. The summed E-state index contributed by atoms with van der Waals surface area (Å²) in [6.07, 6.45) is 0.647. The number of sulfonamides is 1. The Kier molecular flexibility index (Phi) is 4.52. The van der Waals surface area contributed by atoms with Crippen LogP contribution < -0.4 is 5.73 Å². The molecule has 7 heteroatoms. The third-order valence-corrected chi connectivity index (χ3v) is 7.09.